The first kappa shape index (κ1) is 20.9. The van der Waals surface area contributed by atoms with Crippen LogP contribution >= 0.6 is 0 Å². The molecule has 0 aliphatic carbocycles. The van der Waals surface area contributed by atoms with E-state index in [1.54, 1.807) is 0 Å². The highest BCUT2D eigenvalue weighted by molar-refractivity contribution is 5.75. The van der Waals surface area contributed by atoms with Gasteiger partial charge in [-0.3, -0.25) is 0 Å². The smallest absolute Gasteiger partial charge is 0.148 e. The van der Waals surface area contributed by atoms with E-state index < -0.39 is 6.10 Å². The Labute approximate surface area is 182 Å². The Morgan fingerprint density at radius 1 is 0.839 bits per heavy atom. The molecular weight excluding hydrogens is 388 g/mol. The van der Waals surface area contributed by atoms with Crippen molar-refractivity contribution in [2.75, 3.05) is 6.61 Å². The molecule has 0 aliphatic rings. The van der Waals surface area contributed by atoms with E-state index >= 15 is 0 Å². The van der Waals surface area contributed by atoms with Gasteiger partial charge in [0.2, 0.25) is 0 Å². The third-order valence-electron chi connectivity index (χ3n) is 5.41. The molecule has 1 aromatic heterocycles. The van der Waals surface area contributed by atoms with Crippen LogP contribution in [-0.2, 0) is 13.2 Å². The lowest BCUT2D eigenvalue weighted by Crippen LogP contribution is -2.25. The average Bonchev–Trinajstić information content (AvgIpc) is 3.10. The standard InChI is InChI=1S/C26H28N2O3/c1-18-9-4-7-14-24(18)30-17-25-27-22-12-5-6-13-23(22)28(25)15-21(29)16-31-26-19(2)10-8-11-20(26)3/h4-14,21,29H,15-17H2,1-3H3. The second kappa shape index (κ2) is 9.23. The van der Waals surface area contributed by atoms with Gasteiger partial charge in [-0.1, -0.05) is 48.5 Å². The summed E-state index contributed by atoms with van der Waals surface area (Å²) in [4.78, 5) is 4.74. The summed E-state index contributed by atoms with van der Waals surface area (Å²) in [6.07, 6.45) is -0.686. The predicted molar refractivity (Wildman–Crippen MR) is 123 cm³/mol. The van der Waals surface area contributed by atoms with E-state index in [-0.39, 0.29) is 6.61 Å². The largest absolute Gasteiger partial charge is 0.490 e. The van der Waals surface area contributed by atoms with Crippen LogP contribution in [0.2, 0.25) is 0 Å². The van der Waals surface area contributed by atoms with Gasteiger partial charge >= 0.3 is 0 Å². The Kier molecular flexibility index (Phi) is 6.23. The van der Waals surface area contributed by atoms with Crippen LogP contribution in [0.15, 0.2) is 66.7 Å². The molecule has 1 atom stereocenters. The lowest BCUT2D eigenvalue weighted by Gasteiger charge is -2.18. The first-order valence-electron chi connectivity index (χ1n) is 10.5. The zero-order valence-corrected chi connectivity index (χ0v) is 18.2. The monoisotopic (exact) mass is 416 g/mol. The first-order chi connectivity index (χ1) is 15.0. The maximum absolute atomic E-state index is 10.8. The highest BCUT2D eigenvalue weighted by Gasteiger charge is 2.16. The van der Waals surface area contributed by atoms with Gasteiger partial charge in [-0.05, 0) is 55.7 Å². The van der Waals surface area contributed by atoms with E-state index in [0.29, 0.717) is 13.2 Å². The fraction of sp³-hybridized carbons (Fsp3) is 0.269. The number of rotatable bonds is 8. The van der Waals surface area contributed by atoms with Gasteiger partial charge in [-0.25, -0.2) is 4.98 Å². The number of imidazole rings is 1. The Hall–Kier alpha value is -3.31. The number of aryl methyl sites for hydroxylation is 3. The minimum atomic E-state index is -0.686. The number of ether oxygens (including phenoxy) is 2. The fourth-order valence-corrected chi connectivity index (χ4v) is 3.77. The minimum absolute atomic E-state index is 0.205. The summed E-state index contributed by atoms with van der Waals surface area (Å²) < 4.78 is 14.0. The second-order valence-electron chi connectivity index (χ2n) is 7.87. The molecule has 4 aromatic rings. The van der Waals surface area contributed by atoms with Crippen LogP contribution in [0.3, 0.4) is 0 Å². The molecule has 5 nitrogen and oxygen atoms in total. The lowest BCUT2D eigenvalue weighted by molar-refractivity contribution is 0.0911. The topological polar surface area (TPSA) is 56.5 Å². The number of benzene rings is 3. The van der Waals surface area contributed by atoms with E-state index in [9.17, 15) is 5.11 Å². The zero-order valence-electron chi connectivity index (χ0n) is 18.2. The number of hydrogen-bond donors (Lipinski definition) is 1. The quantitative estimate of drug-likeness (QED) is 0.440. The SMILES string of the molecule is Cc1ccccc1OCc1nc2ccccc2n1CC(O)COc1c(C)cccc1C. The van der Waals surface area contributed by atoms with Gasteiger partial charge in [0.05, 0.1) is 17.6 Å². The predicted octanol–water partition coefficient (Wildman–Crippen LogP) is 4.98. The molecule has 0 amide bonds. The number of nitrogens with zero attached hydrogens (tertiary/aromatic N) is 2. The van der Waals surface area contributed by atoms with Gasteiger partial charge in [0.1, 0.15) is 36.6 Å². The highest BCUT2D eigenvalue weighted by atomic mass is 16.5. The summed E-state index contributed by atoms with van der Waals surface area (Å²) in [5.74, 6) is 2.44. The molecular formula is C26H28N2O3. The Morgan fingerprint density at radius 2 is 1.52 bits per heavy atom. The molecule has 1 N–H and O–H groups in total. The Morgan fingerprint density at radius 3 is 2.29 bits per heavy atom. The average molecular weight is 417 g/mol. The van der Waals surface area contributed by atoms with Crippen molar-refractivity contribution in [1.29, 1.82) is 0 Å². The van der Waals surface area contributed by atoms with Crippen molar-refractivity contribution in [3.63, 3.8) is 0 Å². The number of aliphatic hydroxyl groups excluding tert-OH is 1. The molecule has 0 spiro atoms. The van der Waals surface area contributed by atoms with Crippen molar-refractivity contribution in [3.8, 4) is 11.5 Å². The van der Waals surface area contributed by atoms with Gasteiger partial charge in [0, 0.05) is 0 Å². The van der Waals surface area contributed by atoms with Crippen LogP contribution < -0.4 is 9.47 Å². The van der Waals surface area contributed by atoms with Gasteiger partial charge < -0.3 is 19.1 Å². The highest BCUT2D eigenvalue weighted by Crippen LogP contribution is 2.24. The van der Waals surface area contributed by atoms with Gasteiger partial charge in [-0.2, -0.15) is 0 Å². The summed E-state index contributed by atoms with van der Waals surface area (Å²) in [7, 11) is 0. The maximum atomic E-state index is 10.8. The Bertz CT molecular complexity index is 1160. The molecule has 0 aliphatic heterocycles. The summed E-state index contributed by atoms with van der Waals surface area (Å²) in [5.41, 5.74) is 5.05. The second-order valence-corrected chi connectivity index (χ2v) is 7.87. The first-order valence-corrected chi connectivity index (χ1v) is 10.5. The van der Waals surface area contributed by atoms with Crippen molar-refractivity contribution >= 4 is 11.0 Å². The van der Waals surface area contributed by atoms with Crippen molar-refractivity contribution in [2.45, 2.75) is 40.0 Å². The third kappa shape index (κ3) is 4.72. The summed E-state index contributed by atoms with van der Waals surface area (Å²) in [6.45, 7) is 6.95. The molecule has 0 bridgehead atoms. The molecule has 5 heteroatoms. The fourth-order valence-electron chi connectivity index (χ4n) is 3.77. The molecule has 31 heavy (non-hydrogen) atoms. The number of aliphatic hydroxyl groups is 1. The lowest BCUT2D eigenvalue weighted by atomic mass is 10.1. The van der Waals surface area contributed by atoms with Crippen molar-refractivity contribution in [2.24, 2.45) is 0 Å². The zero-order chi connectivity index (χ0) is 21.8. The minimum Gasteiger partial charge on any atom is -0.490 e. The summed E-state index contributed by atoms with van der Waals surface area (Å²) in [5, 5.41) is 10.8. The number of para-hydroxylation sites is 4. The van der Waals surface area contributed by atoms with Crippen molar-refractivity contribution in [1.82, 2.24) is 9.55 Å². The molecule has 1 unspecified atom stereocenters. The van der Waals surface area contributed by atoms with Gasteiger partial charge in [0.15, 0.2) is 0 Å². The molecule has 4 rings (SSSR count). The van der Waals surface area contributed by atoms with Crippen LogP contribution in [0.1, 0.15) is 22.5 Å². The van der Waals surface area contributed by atoms with E-state index in [4.69, 9.17) is 14.5 Å². The normalized spacial score (nSPS) is 12.1. The number of aromatic nitrogens is 2. The van der Waals surface area contributed by atoms with Crippen molar-refractivity contribution < 1.29 is 14.6 Å². The van der Waals surface area contributed by atoms with Crippen LogP contribution in [0.5, 0.6) is 11.5 Å². The van der Waals surface area contributed by atoms with E-state index in [2.05, 4.69) is 0 Å². The van der Waals surface area contributed by atoms with Crippen LogP contribution in [-0.4, -0.2) is 27.4 Å². The molecule has 0 saturated heterocycles. The van der Waals surface area contributed by atoms with Crippen LogP contribution in [0.25, 0.3) is 11.0 Å². The summed E-state index contributed by atoms with van der Waals surface area (Å²) in [6, 6.07) is 21.9. The molecule has 160 valence electrons. The van der Waals surface area contributed by atoms with E-state index in [1.807, 2.05) is 92.1 Å². The summed E-state index contributed by atoms with van der Waals surface area (Å²) >= 11 is 0. The molecule has 0 fully saturated rings. The molecule has 3 aromatic carbocycles. The van der Waals surface area contributed by atoms with Crippen LogP contribution in [0.4, 0.5) is 0 Å². The van der Waals surface area contributed by atoms with E-state index in [0.717, 1.165) is 45.0 Å². The third-order valence-corrected chi connectivity index (χ3v) is 5.41. The maximum Gasteiger partial charge on any atom is 0.148 e. The molecule has 1 heterocycles. The van der Waals surface area contributed by atoms with Gasteiger partial charge in [-0.15, -0.1) is 0 Å². The molecule has 0 radical (unpaired) electrons. The van der Waals surface area contributed by atoms with Crippen molar-refractivity contribution in [3.05, 3.63) is 89.2 Å². The van der Waals surface area contributed by atoms with Crippen LogP contribution in [0, 0.1) is 20.8 Å². The Balaban J connectivity index is 1.52. The number of hydrogen-bond acceptors (Lipinski definition) is 4. The molecule has 0 saturated carbocycles. The van der Waals surface area contributed by atoms with Gasteiger partial charge in [0.25, 0.3) is 0 Å². The van der Waals surface area contributed by atoms with E-state index in [1.165, 1.54) is 0 Å². The number of fused-ring (bicyclic) bond motifs is 1.